The normalized spacial score (nSPS) is 16.5. The fourth-order valence-corrected chi connectivity index (χ4v) is 2.42. The maximum Gasteiger partial charge on any atom is 0.319 e. The maximum atomic E-state index is 13.9. The molecule has 6 nitrogen and oxygen atoms in total. The Morgan fingerprint density at radius 1 is 1.33 bits per heavy atom. The Bertz CT molecular complexity index is 542. The van der Waals surface area contributed by atoms with Gasteiger partial charge < -0.3 is 21.6 Å². The Morgan fingerprint density at radius 3 is 2.67 bits per heavy atom. The van der Waals surface area contributed by atoms with Gasteiger partial charge in [0.05, 0.1) is 5.69 Å². The molecule has 0 bridgehead atoms. The highest BCUT2D eigenvalue weighted by Crippen LogP contribution is 2.18. The van der Waals surface area contributed by atoms with E-state index in [9.17, 15) is 9.18 Å². The average molecular weight is 294 g/mol. The van der Waals surface area contributed by atoms with E-state index in [0.29, 0.717) is 0 Å². The summed E-state index contributed by atoms with van der Waals surface area (Å²) < 4.78 is 13.9. The topological polar surface area (TPSA) is 99.7 Å². The second-order valence-corrected chi connectivity index (χ2v) is 5.11. The van der Waals surface area contributed by atoms with Gasteiger partial charge in [-0.2, -0.15) is 0 Å². The summed E-state index contributed by atoms with van der Waals surface area (Å²) in [6, 6.07) is 3.68. The van der Waals surface area contributed by atoms with E-state index in [4.69, 9.17) is 10.9 Å². The van der Waals surface area contributed by atoms with E-state index in [1.54, 1.807) is 0 Å². The number of nitrogens with zero attached hydrogens (tertiary/aromatic N) is 1. The quantitative estimate of drug-likeness (QED) is 0.298. The Kier molecular flexibility index (Phi) is 4.97. The van der Waals surface area contributed by atoms with Gasteiger partial charge in [0.2, 0.25) is 0 Å². The van der Waals surface area contributed by atoms with Gasteiger partial charge in [-0.15, -0.1) is 0 Å². The van der Waals surface area contributed by atoms with Crippen LogP contribution in [0.5, 0.6) is 0 Å². The van der Waals surface area contributed by atoms with Gasteiger partial charge in [-0.25, -0.2) is 9.18 Å². The smallest absolute Gasteiger partial charge is 0.319 e. The van der Waals surface area contributed by atoms with E-state index < -0.39 is 11.8 Å². The molecule has 0 aliphatic heterocycles. The lowest BCUT2D eigenvalue weighted by Gasteiger charge is -2.22. The van der Waals surface area contributed by atoms with E-state index in [1.807, 2.05) is 0 Å². The van der Waals surface area contributed by atoms with Crippen molar-refractivity contribution >= 4 is 17.6 Å². The van der Waals surface area contributed by atoms with Gasteiger partial charge in [0, 0.05) is 11.6 Å². The van der Waals surface area contributed by atoms with Gasteiger partial charge >= 0.3 is 6.03 Å². The van der Waals surface area contributed by atoms with Crippen molar-refractivity contribution in [2.24, 2.45) is 10.9 Å². The number of rotatable bonds is 3. The molecule has 0 spiro atoms. The fraction of sp³-hybridized carbons (Fsp3) is 0.429. The van der Waals surface area contributed by atoms with Crippen molar-refractivity contribution in [3.63, 3.8) is 0 Å². The molecular weight excluding hydrogens is 275 g/mol. The first-order chi connectivity index (χ1) is 10.1. The van der Waals surface area contributed by atoms with E-state index in [0.717, 1.165) is 31.7 Å². The molecule has 1 fully saturated rings. The first kappa shape index (κ1) is 15.1. The molecule has 2 amide bonds. The zero-order chi connectivity index (χ0) is 15.2. The van der Waals surface area contributed by atoms with Crippen molar-refractivity contribution < 1.29 is 14.4 Å². The molecule has 21 heavy (non-hydrogen) atoms. The Morgan fingerprint density at radius 2 is 2.05 bits per heavy atom. The number of nitrogens with two attached hydrogens (primary N) is 1. The highest BCUT2D eigenvalue weighted by atomic mass is 19.1. The third-order valence-corrected chi connectivity index (χ3v) is 3.56. The molecule has 0 atom stereocenters. The van der Waals surface area contributed by atoms with E-state index in [1.165, 1.54) is 18.6 Å². The lowest BCUT2D eigenvalue weighted by Crippen LogP contribution is -2.39. The second kappa shape index (κ2) is 6.92. The van der Waals surface area contributed by atoms with Crippen LogP contribution in [0.1, 0.15) is 37.7 Å². The van der Waals surface area contributed by atoms with E-state index in [2.05, 4.69) is 15.8 Å². The molecule has 1 saturated carbocycles. The minimum atomic E-state index is -0.641. The average Bonchev–Trinajstić information content (AvgIpc) is 2.49. The van der Waals surface area contributed by atoms with Gasteiger partial charge in [-0.3, -0.25) is 0 Å². The molecule has 0 radical (unpaired) electrons. The Labute approximate surface area is 122 Å². The number of carbonyl (C=O) groups is 1. The van der Waals surface area contributed by atoms with Gasteiger partial charge in [0.15, 0.2) is 5.84 Å². The summed E-state index contributed by atoms with van der Waals surface area (Å²) in [7, 11) is 0. The van der Waals surface area contributed by atoms with Crippen LogP contribution in [-0.2, 0) is 0 Å². The number of hydrogen-bond acceptors (Lipinski definition) is 3. The van der Waals surface area contributed by atoms with Crippen molar-refractivity contribution in [1.29, 1.82) is 0 Å². The third kappa shape index (κ3) is 4.08. The number of amides is 2. The molecule has 1 aliphatic rings. The highest BCUT2D eigenvalue weighted by molar-refractivity contribution is 5.98. The molecule has 0 saturated heterocycles. The van der Waals surface area contributed by atoms with Gasteiger partial charge in [0.1, 0.15) is 5.82 Å². The maximum absolute atomic E-state index is 13.9. The SMILES string of the molecule is N/C(=N/O)c1ccc(NC(=O)NC2CCCCC2)c(F)c1. The molecular formula is C14H19FN4O2. The molecule has 114 valence electrons. The first-order valence-corrected chi connectivity index (χ1v) is 6.95. The van der Waals surface area contributed by atoms with Crippen molar-refractivity contribution in [3.8, 4) is 0 Å². The number of oxime groups is 1. The standard InChI is InChI=1S/C14H19FN4O2/c15-11-8-9(13(16)19-21)6-7-12(11)18-14(20)17-10-4-2-1-3-5-10/h6-8,10,21H,1-5H2,(H2,16,19)(H2,17,18,20). The molecule has 1 aliphatic carbocycles. The largest absolute Gasteiger partial charge is 0.409 e. The summed E-state index contributed by atoms with van der Waals surface area (Å²) in [6.45, 7) is 0. The Hall–Kier alpha value is -2.31. The monoisotopic (exact) mass is 294 g/mol. The molecule has 2 rings (SSSR count). The van der Waals surface area contributed by atoms with E-state index >= 15 is 0 Å². The minimum absolute atomic E-state index is 0.0535. The van der Waals surface area contributed by atoms with Crippen LogP contribution in [0.4, 0.5) is 14.9 Å². The fourth-order valence-electron chi connectivity index (χ4n) is 2.42. The molecule has 5 N–H and O–H groups in total. The number of carbonyl (C=O) groups excluding carboxylic acids is 1. The first-order valence-electron chi connectivity index (χ1n) is 6.95. The van der Waals surface area contributed by atoms with Crippen molar-refractivity contribution in [2.75, 3.05) is 5.32 Å². The lowest BCUT2D eigenvalue weighted by molar-refractivity contribution is 0.244. The number of amidine groups is 1. The lowest BCUT2D eigenvalue weighted by atomic mass is 9.96. The molecule has 0 aromatic heterocycles. The molecule has 1 aromatic carbocycles. The summed E-state index contributed by atoms with van der Waals surface area (Å²) in [4.78, 5) is 11.8. The predicted octanol–water partition coefficient (Wildman–Crippen LogP) is 2.37. The number of benzene rings is 1. The summed E-state index contributed by atoms with van der Waals surface area (Å²) in [5.41, 5.74) is 5.67. The van der Waals surface area contributed by atoms with Crippen molar-refractivity contribution in [1.82, 2.24) is 5.32 Å². The number of nitrogens with one attached hydrogen (secondary N) is 2. The number of hydrogen-bond donors (Lipinski definition) is 4. The summed E-state index contributed by atoms with van der Waals surface area (Å²) >= 11 is 0. The zero-order valence-electron chi connectivity index (χ0n) is 11.6. The minimum Gasteiger partial charge on any atom is -0.409 e. The van der Waals surface area contributed by atoms with Crippen LogP contribution < -0.4 is 16.4 Å². The van der Waals surface area contributed by atoms with E-state index in [-0.39, 0.29) is 23.1 Å². The highest BCUT2D eigenvalue weighted by Gasteiger charge is 2.16. The van der Waals surface area contributed by atoms with Crippen LogP contribution in [0.3, 0.4) is 0 Å². The Balaban J connectivity index is 1.97. The zero-order valence-corrected chi connectivity index (χ0v) is 11.6. The third-order valence-electron chi connectivity index (χ3n) is 3.56. The van der Waals surface area contributed by atoms with Gasteiger partial charge in [0.25, 0.3) is 0 Å². The van der Waals surface area contributed by atoms with Crippen LogP contribution in [-0.4, -0.2) is 23.1 Å². The number of halogens is 1. The summed E-state index contributed by atoms with van der Waals surface area (Å²) in [5, 5.41) is 16.6. The van der Waals surface area contributed by atoms with Crippen molar-refractivity contribution in [3.05, 3.63) is 29.6 Å². The molecule has 0 heterocycles. The van der Waals surface area contributed by atoms with Crippen molar-refractivity contribution in [2.45, 2.75) is 38.1 Å². The van der Waals surface area contributed by atoms with Crippen LogP contribution in [0.2, 0.25) is 0 Å². The number of urea groups is 1. The predicted molar refractivity (Wildman–Crippen MR) is 77.9 cm³/mol. The molecule has 1 aromatic rings. The van der Waals surface area contributed by atoms with Crippen LogP contribution in [0.15, 0.2) is 23.4 Å². The number of anilines is 1. The second-order valence-electron chi connectivity index (χ2n) is 5.11. The summed E-state index contributed by atoms with van der Waals surface area (Å²) in [5.74, 6) is -0.829. The van der Waals surface area contributed by atoms with Gasteiger partial charge in [-0.1, -0.05) is 24.4 Å². The summed E-state index contributed by atoms with van der Waals surface area (Å²) in [6.07, 6.45) is 5.32. The van der Waals surface area contributed by atoms with Gasteiger partial charge in [-0.05, 0) is 31.0 Å². The molecule has 7 heteroatoms. The van der Waals surface area contributed by atoms with Crippen LogP contribution in [0.25, 0.3) is 0 Å². The van der Waals surface area contributed by atoms with Crippen LogP contribution >= 0.6 is 0 Å². The van der Waals surface area contributed by atoms with Crippen LogP contribution in [0, 0.1) is 5.82 Å². The molecule has 0 unspecified atom stereocenters.